The second-order valence-corrected chi connectivity index (χ2v) is 4.63. The number of hydrogen-bond acceptors (Lipinski definition) is 4. The van der Waals surface area contributed by atoms with E-state index < -0.39 is 0 Å². The average molecular weight is 276 g/mol. The number of nitrogens with zero attached hydrogens (tertiary/aromatic N) is 2. The largest absolute Gasteiger partial charge is 0.363 e. The monoisotopic (exact) mass is 275 g/mol. The summed E-state index contributed by atoms with van der Waals surface area (Å²) in [7, 11) is 0. The van der Waals surface area contributed by atoms with E-state index in [4.69, 9.17) is 11.6 Å². The lowest BCUT2D eigenvalue weighted by atomic mass is 10.0. The van der Waals surface area contributed by atoms with E-state index >= 15 is 0 Å². The van der Waals surface area contributed by atoms with Gasteiger partial charge in [0.1, 0.15) is 17.3 Å². The lowest BCUT2D eigenvalue weighted by molar-refractivity contribution is 0.112. The van der Waals surface area contributed by atoms with E-state index in [9.17, 15) is 4.79 Å². The van der Waals surface area contributed by atoms with Crippen LogP contribution in [0.1, 0.15) is 34.5 Å². The van der Waals surface area contributed by atoms with Crippen LogP contribution in [0.25, 0.3) is 0 Å². The number of nitrogens with one attached hydrogen (secondary N) is 1. The third kappa shape index (κ3) is 2.90. The Labute approximate surface area is 116 Å². The predicted octanol–water partition coefficient (Wildman–Crippen LogP) is 3.42. The molecular weight excluding hydrogens is 262 g/mol. The summed E-state index contributed by atoms with van der Waals surface area (Å²) in [6, 6.07) is 8.07. The van der Waals surface area contributed by atoms with Gasteiger partial charge in [0.25, 0.3) is 0 Å². The number of benzene rings is 1. The number of aromatic nitrogens is 2. The van der Waals surface area contributed by atoms with E-state index in [0.717, 1.165) is 5.56 Å². The molecule has 0 aliphatic heterocycles. The Morgan fingerprint density at radius 1 is 1.32 bits per heavy atom. The zero-order chi connectivity index (χ0) is 13.8. The van der Waals surface area contributed by atoms with Crippen LogP contribution in [-0.2, 0) is 0 Å². The lowest BCUT2D eigenvalue weighted by Gasteiger charge is -2.18. The van der Waals surface area contributed by atoms with Crippen LogP contribution in [0.15, 0.2) is 30.6 Å². The topological polar surface area (TPSA) is 54.9 Å². The van der Waals surface area contributed by atoms with Crippen molar-refractivity contribution in [1.82, 2.24) is 9.97 Å². The predicted molar refractivity (Wildman–Crippen MR) is 75.6 cm³/mol. The van der Waals surface area contributed by atoms with Gasteiger partial charge in [-0.25, -0.2) is 9.97 Å². The smallest absolute Gasteiger partial charge is 0.156 e. The molecular formula is C14H14ClN3O. The third-order valence-electron chi connectivity index (χ3n) is 2.96. The van der Waals surface area contributed by atoms with Crippen LogP contribution < -0.4 is 5.32 Å². The highest BCUT2D eigenvalue weighted by atomic mass is 35.5. The van der Waals surface area contributed by atoms with Crippen LogP contribution in [0.2, 0.25) is 5.15 Å². The van der Waals surface area contributed by atoms with Crippen molar-refractivity contribution in [3.8, 4) is 0 Å². The second kappa shape index (κ2) is 5.80. The van der Waals surface area contributed by atoms with E-state index in [1.54, 1.807) is 0 Å². The van der Waals surface area contributed by atoms with Crippen LogP contribution in [0.4, 0.5) is 5.82 Å². The molecule has 0 saturated heterocycles. The van der Waals surface area contributed by atoms with Crippen LogP contribution in [0, 0.1) is 6.92 Å². The summed E-state index contributed by atoms with van der Waals surface area (Å²) in [6.07, 6.45) is 2.00. The van der Waals surface area contributed by atoms with E-state index in [-0.39, 0.29) is 16.8 Å². The van der Waals surface area contributed by atoms with Crippen LogP contribution in [-0.4, -0.2) is 16.3 Å². The third-order valence-corrected chi connectivity index (χ3v) is 3.26. The molecule has 1 heterocycles. The summed E-state index contributed by atoms with van der Waals surface area (Å²) in [4.78, 5) is 18.9. The van der Waals surface area contributed by atoms with Gasteiger partial charge in [0, 0.05) is 0 Å². The van der Waals surface area contributed by atoms with Gasteiger partial charge in [0.05, 0.1) is 11.6 Å². The van der Waals surface area contributed by atoms with E-state index in [2.05, 4.69) is 15.3 Å². The molecule has 19 heavy (non-hydrogen) atoms. The molecule has 1 unspecified atom stereocenters. The Balaban J connectivity index is 2.29. The molecule has 0 saturated carbocycles. The first-order valence-corrected chi connectivity index (χ1v) is 6.29. The first-order chi connectivity index (χ1) is 9.13. The normalized spacial score (nSPS) is 11.9. The van der Waals surface area contributed by atoms with Crippen molar-refractivity contribution in [3.05, 3.63) is 52.4 Å². The van der Waals surface area contributed by atoms with Gasteiger partial charge in [-0.05, 0) is 25.0 Å². The summed E-state index contributed by atoms with van der Waals surface area (Å²) in [5.74, 6) is 0.450. The van der Waals surface area contributed by atoms with Crippen molar-refractivity contribution in [3.63, 3.8) is 0 Å². The van der Waals surface area contributed by atoms with Gasteiger partial charge in [0.15, 0.2) is 6.29 Å². The minimum Gasteiger partial charge on any atom is -0.363 e. The minimum absolute atomic E-state index is 0.0193. The molecule has 2 rings (SSSR count). The standard InChI is InChI=1S/C14H14ClN3O/c1-9-5-3-4-6-11(9)10(2)18-14-12(7-19)13(15)16-8-17-14/h3-8,10H,1-2H3,(H,16,17,18). The number of aldehydes is 1. The number of anilines is 1. The van der Waals surface area contributed by atoms with Crippen LogP contribution in [0.5, 0.6) is 0 Å². The Bertz CT molecular complexity index is 601. The van der Waals surface area contributed by atoms with Crippen molar-refractivity contribution in [2.45, 2.75) is 19.9 Å². The van der Waals surface area contributed by atoms with E-state index in [0.29, 0.717) is 12.1 Å². The Hall–Kier alpha value is -1.94. The summed E-state index contributed by atoms with van der Waals surface area (Å²) in [6.45, 7) is 4.05. The van der Waals surface area contributed by atoms with Gasteiger partial charge in [-0.15, -0.1) is 0 Å². The fourth-order valence-corrected chi connectivity index (χ4v) is 2.13. The van der Waals surface area contributed by atoms with Gasteiger partial charge >= 0.3 is 0 Å². The summed E-state index contributed by atoms with van der Waals surface area (Å²) >= 11 is 5.87. The van der Waals surface area contributed by atoms with Gasteiger partial charge in [-0.3, -0.25) is 4.79 Å². The molecule has 5 heteroatoms. The molecule has 1 atom stereocenters. The summed E-state index contributed by atoms with van der Waals surface area (Å²) < 4.78 is 0. The fraction of sp³-hybridized carbons (Fsp3) is 0.214. The van der Waals surface area contributed by atoms with E-state index in [1.807, 2.05) is 38.1 Å². The molecule has 2 aromatic rings. The Morgan fingerprint density at radius 2 is 2.05 bits per heavy atom. The molecule has 1 aromatic carbocycles. The molecule has 0 radical (unpaired) electrons. The number of halogens is 1. The van der Waals surface area contributed by atoms with E-state index in [1.165, 1.54) is 11.9 Å². The highest BCUT2D eigenvalue weighted by molar-refractivity contribution is 6.32. The SMILES string of the molecule is Cc1ccccc1C(C)Nc1ncnc(Cl)c1C=O. The quantitative estimate of drug-likeness (QED) is 0.686. The minimum atomic E-state index is 0.0193. The van der Waals surface area contributed by atoms with Crippen molar-refractivity contribution >= 4 is 23.7 Å². The van der Waals surface area contributed by atoms with Gasteiger partial charge < -0.3 is 5.32 Å². The van der Waals surface area contributed by atoms with Crippen molar-refractivity contribution in [2.75, 3.05) is 5.32 Å². The zero-order valence-corrected chi connectivity index (χ0v) is 11.5. The summed E-state index contributed by atoms with van der Waals surface area (Å²) in [5, 5.41) is 3.35. The molecule has 0 amide bonds. The van der Waals surface area contributed by atoms with Crippen molar-refractivity contribution < 1.29 is 4.79 Å². The first kappa shape index (κ1) is 13.5. The Morgan fingerprint density at radius 3 is 2.74 bits per heavy atom. The highest BCUT2D eigenvalue weighted by Gasteiger charge is 2.13. The Kier molecular flexibility index (Phi) is 4.12. The number of carbonyl (C=O) groups is 1. The fourth-order valence-electron chi connectivity index (χ4n) is 1.95. The molecule has 0 aliphatic carbocycles. The molecule has 0 bridgehead atoms. The maximum Gasteiger partial charge on any atom is 0.156 e. The van der Waals surface area contributed by atoms with Gasteiger partial charge in [-0.2, -0.15) is 0 Å². The zero-order valence-electron chi connectivity index (χ0n) is 10.7. The molecule has 0 fully saturated rings. The van der Waals surface area contributed by atoms with Gasteiger partial charge in [-0.1, -0.05) is 35.9 Å². The maximum absolute atomic E-state index is 11.0. The second-order valence-electron chi connectivity index (χ2n) is 4.27. The first-order valence-electron chi connectivity index (χ1n) is 5.91. The maximum atomic E-state index is 11.0. The molecule has 0 spiro atoms. The molecule has 1 N–H and O–H groups in total. The van der Waals surface area contributed by atoms with Crippen LogP contribution in [0.3, 0.4) is 0 Å². The average Bonchev–Trinajstić information content (AvgIpc) is 2.39. The summed E-state index contributed by atoms with van der Waals surface area (Å²) in [5.41, 5.74) is 2.61. The molecule has 98 valence electrons. The molecule has 0 aliphatic rings. The number of aryl methyl sites for hydroxylation is 1. The van der Waals surface area contributed by atoms with Crippen molar-refractivity contribution in [2.24, 2.45) is 0 Å². The highest BCUT2D eigenvalue weighted by Crippen LogP contribution is 2.24. The lowest BCUT2D eigenvalue weighted by Crippen LogP contribution is -2.11. The molecule has 4 nitrogen and oxygen atoms in total. The van der Waals surface area contributed by atoms with Gasteiger partial charge in [0.2, 0.25) is 0 Å². The molecule has 1 aromatic heterocycles. The number of rotatable bonds is 4. The number of hydrogen-bond donors (Lipinski definition) is 1. The van der Waals surface area contributed by atoms with Crippen molar-refractivity contribution in [1.29, 1.82) is 0 Å². The number of carbonyl (C=O) groups excluding carboxylic acids is 1. The van der Waals surface area contributed by atoms with Crippen LogP contribution >= 0.6 is 11.6 Å².